The highest BCUT2D eigenvalue weighted by Gasteiger charge is 2.41. The fourth-order valence-electron chi connectivity index (χ4n) is 3.74. The second-order valence-corrected chi connectivity index (χ2v) is 7.57. The summed E-state index contributed by atoms with van der Waals surface area (Å²) in [6.45, 7) is 3.46. The van der Waals surface area contributed by atoms with Crippen LogP contribution in [0.3, 0.4) is 0 Å². The number of halogens is 5. The van der Waals surface area contributed by atoms with E-state index in [1.807, 2.05) is 0 Å². The maximum Gasteiger partial charge on any atom is 0.573 e. The Labute approximate surface area is 164 Å². The summed E-state index contributed by atoms with van der Waals surface area (Å²) >= 11 is 0. The highest BCUT2D eigenvalue weighted by Crippen LogP contribution is 2.46. The van der Waals surface area contributed by atoms with Crippen molar-refractivity contribution in [1.29, 1.82) is 0 Å². The van der Waals surface area contributed by atoms with Crippen LogP contribution in [0.15, 0.2) is 36.4 Å². The van der Waals surface area contributed by atoms with Crippen LogP contribution in [-0.4, -0.2) is 19.6 Å². The van der Waals surface area contributed by atoms with E-state index < -0.39 is 30.0 Å². The molecule has 1 aliphatic carbocycles. The number of alkyl halides is 3. The first-order valence-electron chi connectivity index (χ1n) is 9.29. The molecule has 2 unspecified atom stereocenters. The lowest BCUT2D eigenvalue weighted by Gasteiger charge is -2.30. The average molecular weight is 414 g/mol. The largest absolute Gasteiger partial charge is 0.573 e. The molecule has 2 aliphatic rings. The zero-order valence-corrected chi connectivity index (χ0v) is 15.5. The van der Waals surface area contributed by atoms with Crippen molar-refractivity contribution in [2.75, 3.05) is 13.2 Å². The van der Waals surface area contributed by atoms with Crippen LogP contribution in [0.25, 0.3) is 11.1 Å². The molecule has 1 heterocycles. The summed E-state index contributed by atoms with van der Waals surface area (Å²) in [4.78, 5) is 0. The molecular weight excluding hydrogens is 395 g/mol. The van der Waals surface area contributed by atoms with Crippen molar-refractivity contribution in [1.82, 2.24) is 0 Å². The van der Waals surface area contributed by atoms with E-state index in [2.05, 4.69) is 11.7 Å². The van der Waals surface area contributed by atoms with Gasteiger partial charge < -0.3 is 14.2 Å². The SMILES string of the molecule is CC1CC1C1COC(c2ccc(-c3cc(F)c(OC(F)(F)F)c(F)c3)cc2)OC1. The first-order valence-corrected chi connectivity index (χ1v) is 9.29. The third-order valence-electron chi connectivity index (χ3n) is 5.43. The van der Waals surface area contributed by atoms with Gasteiger partial charge in [-0.2, -0.15) is 0 Å². The van der Waals surface area contributed by atoms with Gasteiger partial charge in [0.2, 0.25) is 5.75 Å². The Bertz CT molecular complexity index is 850. The number of rotatable bonds is 4. The van der Waals surface area contributed by atoms with Gasteiger partial charge in [0, 0.05) is 11.5 Å². The molecule has 1 aliphatic heterocycles. The minimum Gasteiger partial charge on any atom is -0.399 e. The van der Waals surface area contributed by atoms with Crippen LogP contribution >= 0.6 is 0 Å². The molecular formula is C21H19F5O3. The van der Waals surface area contributed by atoms with Gasteiger partial charge >= 0.3 is 6.36 Å². The lowest BCUT2D eigenvalue weighted by Crippen LogP contribution is -2.28. The van der Waals surface area contributed by atoms with Crippen molar-refractivity contribution in [3.63, 3.8) is 0 Å². The molecule has 0 N–H and O–H groups in total. The zero-order valence-electron chi connectivity index (χ0n) is 15.5. The van der Waals surface area contributed by atoms with E-state index in [0.717, 1.165) is 23.6 Å². The van der Waals surface area contributed by atoms with Gasteiger partial charge in [0.25, 0.3) is 0 Å². The first-order chi connectivity index (χ1) is 13.7. The summed E-state index contributed by atoms with van der Waals surface area (Å²) in [6.07, 6.45) is -4.48. The summed E-state index contributed by atoms with van der Waals surface area (Å²) < 4.78 is 79.6. The second kappa shape index (κ2) is 7.57. The van der Waals surface area contributed by atoms with E-state index in [1.165, 1.54) is 6.42 Å². The molecule has 1 saturated heterocycles. The molecule has 8 heteroatoms. The zero-order chi connectivity index (χ0) is 20.8. The van der Waals surface area contributed by atoms with Gasteiger partial charge in [-0.15, -0.1) is 13.2 Å². The van der Waals surface area contributed by atoms with Crippen LogP contribution < -0.4 is 4.74 Å². The fraction of sp³-hybridized carbons (Fsp3) is 0.429. The smallest absolute Gasteiger partial charge is 0.399 e. The minimum atomic E-state index is -5.18. The summed E-state index contributed by atoms with van der Waals surface area (Å²) in [5.41, 5.74) is 1.29. The van der Waals surface area contributed by atoms with E-state index in [9.17, 15) is 22.0 Å². The van der Waals surface area contributed by atoms with Crippen LogP contribution in [0.1, 0.15) is 25.2 Å². The summed E-state index contributed by atoms with van der Waals surface area (Å²) in [5.74, 6) is -2.55. The molecule has 0 aromatic heterocycles. The van der Waals surface area contributed by atoms with Crippen molar-refractivity contribution < 1.29 is 36.2 Å². The predicted molar refractivity (Wildman–Crippen MR) is 93.9 cm³/mol. The molecule has 3 nitrogen and oxygen atoms in total. The molecule has 0 radical (unpaired) electrons. The summed E-state index contributed by atoms with van der Waals surface area (Å²) in [6, 6.07) is 8.22. The average Bonchev–Trinajstić information content (AvgIpc) is 3.41. The lowest BCUT2D eigenvalue weighted by atomic mass is 10.0. The Balaban J connectivity index is 1.45. The van der Waals surface area contributed by atoms with Gasteiger partial charge in [-0.1, -0.05) is 31.2 Å². The van der Waals surface area contributed by atoms with Crippen molar-refractivity contribution >= 4 is 0 Å². The van der Waals surface area contributed by atoms with E-state index in [1.54, 1.807) is 24.3 Å². The molecule has 2 aromatic rings. The number of hydrogen-bond acceptors (Lipinski definition) is 3. The van der Waals surface area contributed by atoms with E-state index in [-0.39, 0.29) is 5.56 Å². The molecule has 2 aromatic carbocycles. The topological polar surface area (TPSA) is 27.7 Å². The number of hydrogen-bond donors (Lipinski definition) is 0. The Hall–Kier alpha value is -2.19. The predicted octanol–water partition coefficient (Wildman–Crippen LogP) is 5.85. The van der Waals surface area contributed by atoms with Crippen molar-refractivity contribution in [2.24, 2.45) is 17.8 Å². The normalized spacial score (nSPS) is 27.0. The molecule has 29 heavy (non-hydrogen) atoms. The maximum absolute atomic E-state index is 13.9. The molecule has 0 bridgehead atoms. The molecule has 2 fully saturated rings. The number of ether oxygens (including phenoxy) is 3. The highest BCUT2D eigenvalue weighted by atomic mass is 19.4. The standard InChI is InChI=1S/C21H19F5O3/c1-11-6-16(11)15-9-27-20(28-10-15)13-4-2-12(3-5-13)14-7-17(22)19(18(23)8-14)29-21(24,25)26/h2-5,7-8,11,15-16,20H,6,9-10H2,1H3. The summed E-state index contributed by atoms with van der Waals surface area (Å²) in [7, 11) is 0. The van der Waals surface area contributed by atoms with Crippen molar-refractivity contribution in [3.8, 4) is 16.9 Å². The molecule has 0 spiro atoms. The van der Waals surface area contributed by atoms with Crippen LogP contribution in [0.2, 0.25) is 0 Å². The Morgan fingerprint density at radius 3 is 1.97 bits per heavy atom. The third kappa shape index (κ3) is 4.53. The lowest BCUT2D eigenvalue weighted by molar-refractivity contribution is -0.276. The number of benzene rings is 2. The van der Waals surface area contributed by atoms with Crippen molar-refractivity contribution in [2.45, 2.75) is 26.0 Å². The van der Waals surface area contributed by atoms with Gasteiger partial charge in [-0.3, -0.25) is 0 Å². The Morgan fingerprint density at radius 2 is 1.48 bits per heavy atom. The van der Waals surface area contributed by atoms with Crippen LogP contribution in [0.5, 0.6) is 5.75 Å². The molecule has 0 amide bonds. The Morgan fingerprint density at radius 1 is 0.931 bits per heavy atom. The monoisotopic (exact) mass is 414 g/mol. The van der Waals surface area contributed by atoms with E-state index in [0.29, 0.717) is 30.6 Å². The fourth-order valence-corrected chi connectivity index (χ4v) is 3.74. The van der Waals surface area contributed by atoms with E-state index in [4.69, 9.17) is 9.47 Å². The maximum atomic E-state index is 13.9. The van der Waals surface area contributed by atoms with Gasteiger partial charge in [0.05, 0.1) is 13.2 Å². The molecule has 2 atom stereocenters. The third-order valence-corrected chi connectivity index (χ3v) is 5.43. The van der Waals surface area contributed by atoms with Gasteiger partial charge in [-0.05, 0) is 41.5 Å². The quantitative estimate of drug-likeness (QED) is 0.588. The summed E-state index contributed by atoms with van der Waals surface area (Å²) in [5, 5.41) is 0. The minimum absolute atomic E-state index is 0.0920. The van der Waals surface area contributed by atoms with Crippen molar-refractivity contribution in [3.05, 3.63) is 53.6 Å². The van der Waals surface area contributed by atoms with Gasteiger partial charge in [0.15, 0.2) is 17.9 Å². The van der Waals surface area contributed by atoms with Crippen LogP contribution in [-0.2, 0) is 9.47 Å². The van der Waals surface area contributed by atoms with Crippen LogP contribution in [0, 0.1) is 29.4 Å². The first kappa shape index (κ1) is 20.1. The highest BCUT2D eigenvalue weighted by molar-refractivity contribution is 5.65. The molecule has 1 saturated carbocycles. The second-order valence-electron chi connectivity index (χ2n) is 7.57. The van der Waals surface area contributed by atoms with E-state index >= 15 is 0 Å². The Kier molecular flexibility index (Phi) is 5.25. The van der Waals surface area contributed by atoms with Gasteiger partial charge in [-0.25, -0.2) is 8.78 Å². The van der Waals surface area contributed by atoms with Crippen LogP contribution in [0.4, 0.5) is 22.0 Å². The molecule has 4 rings (SSSR count). The van der Waals surface area contributed by atoms with Gasteiger partial charge in [0.1, 0.15) is 0 Å². The molecule has 156 valence electrons.